The molecular formula is C15H21N3O. The van der Waals surface area contributed by atoms with Gasteiger partial charge in [0.1, 0.15) is 11.6 Å². The summed E-state index contributed by atoms with van der Waals surface area (Å²) in [5.41, 5.74) is 4.64. The maximum Gasteiger partial charge on any atom is 0.122 e. The van der Waals surface area contributed by atoms with Crippen molar-refractivity contribution in [2.24, 2.45) is 0 Å². The number of H-pyrrole nitrogens is 1. The van der Waals surface area contributed by atoms with E-state index in [1.807, 2.05) is 19.3 Å². The molecule has 0 fully saturated rings. The predicted octanol–water partition coefficient (Wildman–Crippen LogP) is 2.46. The van der Waals surface area contributed by atoms with Gasteiger partial charge in [-0.15, -0.1) is 0 Å². The van der Waals surface area contributed by atoms with Gasteiger partial charge in [0.25, 0.3) is 0 Å². The second-order valence-electron chi connectivity index (χ2n) is 4.66. The van der Waals surface area contributed by atoms with Crippen LogP contribution in [0.4, 0.5) is 0 Å². The summed E-state index contributed by atoms with van der Waals surface area (Å²) >= 11 is 0. The molecule has 0 aliphatic rings. The summed E-state index contributed by atoms with van der Waals surface area (Å²) in [6.45, 7) is 5.12. The van der Waals surface area contributed by atoms with Gasteiger partial charge in [-0.25, -0.2) is 4.98 Å². The molecule has 0 radical (unpaired) electrons. The van der Waals surface area contributed by atoms with Crippen molar-refractivity contribution in [1.82, 2.24) is 15.3 Å². The molecule has 102 valence electrons. The lowest BCUT2D eigenvalue weighted by atomic mass is 10.0. The van der Waals surface area contributed by atoms with Crippen LogP contribution in [0.25, 0.3) is 11.3 Å². The number of benzene rings is 1. The average molecular weight is 259 g/mol. The van der Waals surface area contributed by atoms with Gasteiger partial charge in [-0.2, -0.15) is 0 Å². The zero-order valence-electron chi connectivity index (χ0n) is 12.0. The van der Waals surface area contributed by atoms with Gasteiger partial charge in [0, 0.05) is 18.5 Å². The van der Waals surface area contributed by atoms with Crippen molar-refractivity contribution in [1.29, 1.82) is 0 Å². The van der Waals surface area contributed by atoms with E-state index >= 15 is 0 Å². The summed E-state index contributed by atoms with van der Waals surface area (Å²) in [6.07, 6.45) is 2.81. The lowest BCUT2D eigenvalue weighted by Crippen LogP contribution is -2.11. The molecular weight excluding hydrogens is 238 g/mol. The van der Waals surface area contributed by atoms with E-state index in [0.29, 0.717) is 0 Å². The van der Waals surface area contributed by atoms with Crippen LogP contribution in [0.2, 0.25) is 0 Å². The minimum atomic E-state index is 0.907. The van der Waals surface area contributed by atoms with Gasteiger partial charge in [-0.05, 0) is 44.2 Å². The average Bonchev–Trinajstić information content (AvgIpc) is 2.88. The molecule has 19 heavy (non-hydrogen) atoms. The third-order valence-electron chi connectivity index (χ3n) is 3.49. The fourth-order valence-corrected chi connectivity index (χ4v) is 2.18. The summed E-state index contributed by atoms with van der Waals surface area (Å²) < 4.78 is 5.34. The maximum atomic E-state index is 5.34. The molecule has 0 saturated carbocycles. The van der Waals surface area contributed by atoms with Crippen molar-refractivity contribution < 1.29 is 4.74 Å². The van der Waals surface area contributed by atoms with Crippen molar-refractivity contribution in [2.75, 3.05) is 20.7 Å². The van der Waals surface area contributed by atoms with E-state index < -0.39 is 0 Å². The molecule has 0 unspecified atom stereocenters. The smallest absolute Gasteiger partial charge is 0.122 e. The first-order valence-corrected chi connectivity index (χ1v) is 6.50. The minimum Gasteiger partial charge on any atom is -0.496 e. The number of hydrogen-bond acceptors (Lipinski definition) is 3. The largest absolute Gasteiger partial charge is 0.496 e. The van der Waals surface area contributed by atoms with Gasteiger partial charge in [-0.1, -0.05) is 0 Å². The van der Waals surface area contributed by atoms with Crippen molar-refractivity contribution in [3.05, 3.63) is 35.3 Å². The molecule has 0 amide bonds. The SMILES string of the molecule is CNCCc1ncc(-c2ccc(OC)c(C)c2C)[nH]1. The Kier molecular flexibility index (Phi) is 4.22. The number of rotatable bonds is 5. The topological polar surface area (TPSA) is 49.9 Å². The molecule has 2 N–H and O–H groups in total. The predicted molar refractivity (Wildman–Crippen MR) is 77.7 cm³/mol. The first-order chi connectivity index (χ1) is 9.17. The molecule has 2 rings (SSSR count). The summed E-state index contributed by atoms with van der Waals surface area (Å²) in [5.74, 6) is 1.94. The third kappa shape index (κ3) is 2.79. The zero-order valence-corrected chi connectivity index (χ0v) is 12.0. The molecule has 0 saturated heterocycles. The van der Waals surface area contributed by atoms with Crippen molar-refractivity contribution >= 4 is 0 Å². The molecule has 1 aromatic heterocycles. The van der Waals surface area contributed by atoms with Crippen LogP contribution in [0.5, 0.6) is 5.75 Å². The second kappa shape index (κ2) is 5.89. The molecule has 0 bridgehead atoms. The van der Waals surface area contributed by atoms with E-state index in [9.17, 15) is 0 Å². The van der Waals surface area contributed by atoms with Gasteiger partial charge >= 0.3 is 0 Å². The van der Waals surface area contributed by atoms with E-state index in [0.717, 1.165) is 30.2 Å². The Morgan fingerprint density at radius 1 is 1.26 bits per heavy atom. The number of methoxy groups -OCH3 is 1. The molecule has 0 aliphatic carbocycles. The van der Waals surface area contributed by atoms with E-state index in [4.69, 9.17) is 4.74 Å². The highest BCUT2D eigenvalue weighted by atomic mass is 16.5. The van der Waals surface area contributed by atoms with Crippen LogP contribution in [0, 0.1) is 13.8 Å². The first kappa shape index (κ1) is 13.6. The zero-order chi connectivity index (χ0) is 13.8. The first-order valence-electron chi connectivity index (χ1n) is 6.50. The van der Waals surface area contributed by atoms with Crippen LogP contribution < -0.4 is 10.1 Å². The Labute approximate surface area is 114 Å². The van der Waals surface area contributed by atoms with Crippen molar-refractivity contribution in [2.45, 2.75) is 20.3 Å². The molecule has 0 atom stereocenters. The monoisotopic (exact) mass is 259 g/mol. The second-order valence-corrected chi connectivity index (χ2v) is 4.66. The van der Waals surface area contributed by atoms with Crippen molar-refractivity contribution in [3.63, 3.8) is 0 Å². The minimum absolute atomic E-state index is 0.907. The highest BCUT2D eigenvalue weighted by molar-refractivity contribution is 5.66. The molecule has 1 aromatic carbocycles. The van der Waals surface area contributed by atoms with Crippen LogP contribution in [0.3, 0.4) is 0 Å². The highest BCUT2D eigenvalue weighted by Crippen LogP contribution is 2.29. The number of ether oxygens (including phenoxy) is 1. The Morgan fingerprint density at radius 3 is 2.74 bits per heavy atom. The van der Waals surface area contributed by atoms with Crippen LogP contribution in [-0.4, -0.2) is 30.7 Å². The lowest BCUT2D eigenvalue weighted by Gasteiger charge is -2.11. The molecule has 0 aliphatic heterocycles. The van der Waals surface area contributed by atoms with Crippen LogP contribution in [0.15, 0.2) is 18.3 Å². The Balaban J connectivity index is 2.31. The number of nitrogens with zero attached hydrogens (tertiary/aromatic N) is 1. The van der Waals surface area contributed by atoms with Crippen LogP contribution >= 0.6 is 0 Å². The van der Waals surface area contributed by atoms with Gasteiger partial charge in [-0.3, -0.25) is 0 Å². The van der Waals surface area contributed by atoms with Gasteiger partial charge in [0.2, 0.25) is 0 Å². The maximum absolute atomic E-state index is 5.34. The molecule has 1 heterocycles. The third-order valence-corrected chi connectivity index (χ3v) is 3.49. The van der Waals surface area contributed by atoms with Gasteiger partial charge < -0.3 is 15.0 Å². The summed E-state index contributed by atoms with van der Waals surface area (Å²) in [5, 5.41) is 3.12. The Morgan fingerprint density at radius 2 is 2.05 bits per heavy atom. The van der Waals surface area contributed by atoms with E-state index in [1.54, 1.807) is 7.11 Å². The Bertz CT molecular complexity index is 561. The summed E-state index contributed by atoms with van der Waals surface area (Å²) in [4.78, 5) is 7.79. The lowest BCUT2D eigenvalue weighted by molar-refractivity contribution is 0.411. The van der Waals surface area contributed by atoms with Crippen molar-refractivity contribution in [3.8, 4) is 17.0 Å². The fourth-order valence-electron chi connectivity index (χ4n) is 2.18. The molecule has 0 spiro atoms. The van der Waals surface area contributed by atoms with Crippen LogP contribution in [0.1, 0.15) is 17.0 Å². The normalized spacial score (nSPS) is 10.7. The quantitative estimate of drug-likeness (QED) is 0.867. The van der Waals surface area contributed by atoms with E-state index in [-0.39, 0.29) is 0 Å². The van der Waals surface area contributed by atoms with Gasteiger partial charge in [0.15, 0.2) is 0 Å². The standard InChI is InChI=1S/C15H21N3O/c1-10-11(2)14(19-4)6-5-12(10)13-9-17-15(18-13)7-8-16-3/h5-6,9,16H,7-8H2,1-4H3,(H,17,18). The van der Waals surface area contributed by atoms with E-state index in [1.165, 1.54) is 16.7 Å². The molecule has 4 nitrogen and oxygen atoms in total. The summed E-state index contributed by atoms with van der Waals surface area (Å²) in [7, 11) is 3.65. The number of likely N-dealkylation sites (N-methyl/N-ethyl adjacent to an activating group) is 1. The summed E-state index contributed by atoms with van der Waals surface area (Å²) in [6, 6.07) is 4.09. The number of aromatic nitrogens is 2. The van der Waals surface area contributed by atoms with E-state index in [2.05, 4.69) is 35.2 Å². The molecule has 4 heteroatoms. The molecule has 2 aromatic rings. The Hall–Kier alpha value is -1.81. The van der Waals surface area contributed by atoms with Crippen LogP contribution in [-0.2, 0) is 6.42 Å². The number of hydrogen-bond donors (Lipinski definition) is 2. The fraction of sp³-hybridized carbons (Fsp3) is 0.400. The number of imidazole rings is 1. The number of aromatic amines is 1. The number of nitrogens with one attached hydrogen (secondary N) is 2. The highest BCUT2D eigenvalue weighted by Gasteiger charge is 2.10. The van der Waals surface area contributed by atoms with Gasteiger partial charge in [0.05, 0.1) is 19.0 Å².